The number of hydrogen-bond acceptors (Lipinski definition) is 3. The van der Waals surface area contributed by atoms with Crippen LogP contribution in [0.25, 0.3) is 6.08 Å². The Labute approximate surface area is 157 Å². The number of hydrogen-bond donors (Lipinski definition) is 1. The second kappa shape index (κ2) is 8.18. The Bertz CT molecular complexity index is 808. The molecule has 1 aliphatic heterocycles. The van der Waals surface area contributed by atoms with E-state index in [0.717, 1.165) is 0 Å². The van der Waals surface area contributed by atoms with Gasteiger partial charge in [0.15, 0.2) is 6.54 Å². The molecule has 1 fully saturated rings. The molecule has 1 saturated heterocycles. The number of nitrogens with zero attached hydrogens (tertiary/aromatic N) is 2. The van der Waals surface area contributed by atoms with Gasteiger partial charge in [0.25, 0.3) is 5.91 Å². The molecular formula is C20H23FN3O3+. The highest BCUT2D eigenvalue weighted by molar-refractivity contribution is 5.92. The van der Waals surface area contributed by atoms with Gasteiger partial charge in [-0.2, -0.15) is 0 Å². The van der Waals surface area contributed by atoms with Crippen LogP contribution in [0.3, 0.4) is 0 Å². The van der Waals surface area contributed by atoms with Crippen LogP contribution in [0.1, 0.15) is 5.76 Å². The van der Waals surface area contributed by atoms with Crippen LogP contribution in [0.5, 0.6) is 0 Å². The molecule has 0 saturated carbocycles. The first kappa shape index (κ1) is 18.8. The largest absolute Gasteiger partial charge is 0.465 e. The molecular weight excluding hydrogens is 349 g/mol. The number of furan rings is 1. The van der Waals surface area contributed by atoms with Crippen molar-refractivity contribution in [2.45, 2.75) is 0 Å². The summed E-state index contributed by atoms with van der Waals surface area (Å²) in [6, 6.07) is 9.25. The number of piperazine rings is 1. The zero-order chi connectivity index (χ0) is 19.3. The molecule has 2 amide bonds. The SMILES string of the molecule is C[N+]1(CC(=O)Nc2ccc(F)cc2)CCN(C(=O)C=Cc2ccco2)CC1. The van der Waals surface area contributed by atoms with E-state index in [-0.39, 0.29) is 17.6 Å². The molecule has 0 radical (unpaired) electrons. The average Bonchev–Trinajstić information content (AvgIpc) is 3.15. The van der Waals surface area contributed by atoms with Gasteiger partial charge in [0.1, 0.15) is 11.6 Å². The Kier molecular flexibility index (Phi) is 5.71. The Morgan fingerprint density at radius 1 is 1.22 bits per heavy atom. The average molecular weight is 372 g/mol. The van der Waals surface area contributed by atoms with Crippen molar-refractivity contribution in [1.29, 1.82) is 0 Å². The molecule has 1 aromatic carbocycles. The molecule has 2 aromatic rings. The van der Waals surface area contributed by atoms with Crippen molar-refractivity contribution in [2.24, 2.45) is 0 Å². The molecule has 0 aliphatic carbocycles. The van der Waals surface area contributed by atoms with E-state index < -0.39 is 0 Å². The summed E-state index contributed by atoms with van der Waals surface area (Å²) in [5, 5.41) is 2.79. The number of anilines is 1. The first-order valence-corrected chi connectivity index (χ1v) is 8.83. The van der Waals surface area contributed by atoms with E-state index in [1.165, 1.54) is 30.3 Å². The van der Waals surface area contributed by atoms with Crippen molar-refractivity contribution in [3.8, 4) is 0 Å². The highest BCUT2D eigenvalue weighted by atomic mass is 19.1. The van der Waals surface area contributed by atoms with Gasteiger partial charge in [-0.25, -0.2) is 4.39 Å². The van der Waals surface area contributed by atoms with Crippen molar-refractivity contribution < 1.29 is 22.9 Å². The number of rotatable bonds is 5. The molecule has 0 bridgehead atoms. The lowest BCUT2D eigenvalue weighted by molar-refractivity contribution is -0.905. The second-order valence-electron chi connectivity index (χ2n) is 6.95. The van der Waals surface area contributed by atoms with Gasteiger partial charge < -0.3 is 19.1 Å². The maximum Gasteiger partial charge on any atom is 0.279 e. The predicted octanol–water partition coefficient (Wildman–Crippen LogP) is 2.36. The van der Waals surface area contributed by atoms with Crippen LogP contribution < -0.4 is 5.32 Å². The first-order chi connectivity index (χ1) is 12.9. The normalized spacial score (nSPS) is 16.4. The molecule has 1 N–H and O–H groups in total. The van der Waals surface area contributed by atoms with E-state index >= 15 is 0 Å². The Morgan fingerprint density at radius 2 is 1.93 bits per heavy atom. The maximum atomic E-state index is 12.9. The Morgan fingerprint density at radius 3 is 2.56 bits per heavy atom. The topological polar surface area (TPSA) is 62.6 Å². The van der Waals surface area contributed by atoms with Crippen molar-refractivity contribution >= 4 is 23.6 Å². The molecule has 0 atom stereocenters. The fourth-order valence-electron chi connectivity index (χ4n) is 3.05. The fourth-order valence-corrected chi connectivity index (χ4v) is 3.05. The van der Waals surface area contributed by atoms with Gasteiger partial charge in [0.2, 0.25) is 5.91 Å². The second-order valence-corrected chi connectivity index (χ2v) is 6.95. The van der Waals surface area contributed by atoms with E-state index in [0.29, 0.717) is 48.7 Å². The van der Waals surface area contributed by atoms with Gasteiger partial charge in [0, 0.05) is 11.8 Å². The Balaban J connectivity index is 1.48. The summed E-state index contributed by atoms with van der Waals surface area (Å²) in [5.74, 6) is 0.113. The quantitative estimate of drug-likeness (QED) is 0.647. The number of carbonyl (C=O) groups is 2. The number of quaternary nitrogens is 1. The lowest BCUT2D eigenvalue weighted by Crippen LogP contribution is -2.60. The zero-order valence-corrected chi connectivity index (χ0v) is 15.2. The lowest BCUT2D eigenvalue weighted by atomic mass is 10.2. The predicted molar refractivity (Wildman–Crippen MR) is 100 cm³/mol. The van der Waals surface area contributed by atoms with Crippen LogP contribution >= 0.6 is 0 Å². The standard InChI is InChI=1S/C20H22FN3O3/c1-24(15-19(25)22-17-6-4-16(21)5-7-17)12-10-23(11-13-24)20(26)9-8-18-3-2-14-27-18/h2-9,14H,10-13,15H2,1H3/p+1. The van der Waals surface area contributed by atoms with Gasteiger partial charge in [-0.1, -0.05) is 0 Å². The highest BCUT2D eigenvalue weighted by Crippen LogP contribution is 2.13. The third kappa shape index (κ3) is 5.27. The summed E-state index contributed by atoms with van der Waals surface area (Å²) < 4.78 is 18.7. The summed E-state index contributed by atoms with van der Waals surface area (Å²) in [6.07, 6.45) is 4.72. The summed E-state index contributed by atoms with van der Waals surface area (Å²) in [5.41, 5.74) is 0.574. The zero-order valence-electron chi connectivity index (χ0n) is 15.2. The summed E-state index contributed by atoms with van der Waals surface area (Å²) in [6.45, 7) is 2.86. The van der Waals surface area contributed by atoms with E-state index in [4.69, 9.17) is 4.42 Å². The Hall–Kier alpha value is -2.93. The molecule has 27 heavy (non-hydrogen) atoms. The van der Waals surface area contributed by atoms with Gasteiger partial charge in [-0.05, 0) is 42.5 Å². The van der Waals surface area contributed by atoms with Gasteiger partial charge in [-0.3, -0.25) is 9.59 Å². The summed E-state index contributed by atoms with van der Waals surface area (Å²) >= 11 is 0. The van der Waals surface area contributed by atoms with E-state index in [1.54, 1.807) is 29.4 Å². The molecule has 3 rings (SSSR count). The monoisotopic (exact) mass is 372 g/mol. The fraction of sp³-hybridized carbons (Fsp3) is 0.300. The number of nitrogens with one attached hydrogen (secondary N) is 1. The molecule has 1 aliphatic rings. The maximum absolute atomic E-state index is 12.9. The highest BCUT2D eigenvalue weighted by Gasteiger charge is 2.32. The van der Waals surface area contributed by atoms with Crippen LogP contribution in [0, 0.1) is 5.82 Å². The van der Waals surface area contributed by atoms with Crippen molar-refractivity contribution in [1.82, 2.24) is 4.90 Å². The summed E-state index contributed by atoms with van der Waals surface area (Å²) in [4.78, 5) is 26.3. The number of halogens is 1. The van der Waals surface area contributed by atoms with Crippen LogP contribution in [0.2, 0.25) is 0 Å². The minimum absolute atomic E-state index is 0.0617. The third-order valence-corrected chi connectivity index (χ3v) is 4.72. The number of carbonyl (C=O) groups excluding carboxylic acids is 2. The van der Waals surface area contributed by atoms with Crippen molar-refractivity contribution in [2.75, 3.05) is 45.1 Å². The van der Waals surface area contributed by atoms with Crippen molar-refractivity contribution in [3.05, 3.63) is 60.3 Å². The van der Waals surface area contributed by atoms with Gasteiger partial charge >= 0.3 is 0 Å². The molecule has 0 unspecified atom stereocenters. The number of amides is 2. The van der Waals surface area contributed by atoms with Crippen LogP contribution in [-0.4, -0.2) is 61.0 Å². The molecule has 2 heterocycles. The van der Waals surface area contributed by atoms with Crippen LogP contribution in [0.15, 0.2) is 53.2 Å². The van der Waals surface area contributed by atoms with Gasteiger partial charge in [0.05, 0.1) is 39.5 Å². The third-order valence-electron chi connectivity index (χ3n) is 4.72. The van der Waals surface area contributed by atoms with Crippen molar-refractivity contribution in [3.63, 3.8) is 0 Å². The molecule has 7 heteroatoms. The number of benzene rings is 1. The molecule has 142 valence electrons. The van der Waals surface area contributed by atoms with Crippen LogP contribution in [0.4, 0.5) is 10.1 Å². The lowest BCUT2D eigenvalue weighted by Gasteiger charge is -2.41. The molecule has 1 aromatic heterocycles. The summed E-state index contributed by atoms with van der Waals surface area (Å²) in [7, 11) is 2.00. The van der Waals surface area contributed by atoms with E-state index in [1.807, 2.05) is 7.05 Å². The van der Waals surface area contributed by atoms with E-state index in [2.05, 4.69) is 5.32 Å². The van der Waals surface area contributed by atoms with Crippen LogP contribution in [-0.2, 0) is 9.59 Å². The van der Waals surface area contributed by atoms with E-state index in [9.17, 15) is 14.0 Å². The molecule has 0 spiro atoms. The molecule has 6 nitrogen and oxygen atoms in total. The minimum atomic E-state index is -0.339. The van der Waals surface area contributed by atoms with Gasteiger partial charge in [-0.15, -0.1) is 0 Å². The number of likely N-dealkylation sites (N-methyl/N-ethyl adjacent to an activating group) is 1. The first-order valence-electron chi connectivity index (χ1n) is 8.83. The smallest absolute Gasteiger partial charge is 0.279 e. The minimum Gasteiger partial charge on any atom is -0.465 e.